The van der Waals surface area contributed by atoms with Gasteiger partial charge in [0.15, 0.2) is 0 Å². The van der Waals surface area contributed by atoms with E-state index in [0.29, 0.717) is 0 Å². The van der Waals surface area contributed by atoms with E-state index in [1.165, 1.54) is 32.1 Å². The van der Waals surface area contributed by atoms with Gasteiger partial charge in [0.1, 0.15) is 5.75 Å². The van der Waals surface area contributed by atoms with Gasteiger partial charge in [-0.05, 0) is 54.4 Å². The summed E-state index contributed by atoms with van der Waals surface area (Å²) in [6, 6.07) is 6.70. The van der Waals surface area contributed by atoms with Crippen LogP contribution in [-0.4, -0.2) is 20.3 Å². The molecule has 104 valence electrons. The summed E-state index contributed by atoms with van der Waals surface area (Å²) in [7, 11) is 1.73. The van der Waals surface area contributed by atoms with Crippen LogP contribution in [0.2, 0.25) is 0 Å². The van der Waals surface area contributed by atoms with Crippen molar-refractivity contribution in [3.05, 3.63) is 29.3 Å². The van der Waals surface area contributed by atoms with Crippen LogP contribution >= 0.6 is 0 Å². The minimum atomic E-state index is 0.750. The Morgan fingerprint density at radius 3 is 2.84 bits per heavy atom. The summed E-state index contributed by atoms with van der Waals surface area (Å²) in [6.07, 6.45) is 7.88. The largest absolute Gasteiger partial charge is 0.493 e. The Kier molecular flexibility index (Phi) is 4.07. The fraction of sp³-hybridized carbons (Fsp3) is 0.647. The Bertz CT molecular complexity index is 423. The normalized spacial score (nSPS) is 21.4. The summed E-state index contributed by atoms with van der Waals surface area (Å²) in [5.41, 5.74) is 3.12. The maximum Gasteiger partial charge on any atom is 0.119 e. The highest BCUT2D eigenvalue weighted by Gasteiger charge is 2.30. The van der Waals surface area contributed by atoms with Gasteiger partial charge in [-0.15, -0.1) is 0 Å². The molecule has 0 saturated heterocycles. The zero-order valence-corrected chi connectivity index (χ0v) is 11.9. The first-order chi connectivity index (χ1) is 9.36. The Hall–Kier alpha value is -1.02. The van der Waals surface area contributed by atoms with Crippen molar-refractivity contribution in [3.63, 3.8) is 0 Å². The molecule has 2 heteroatoms. The van der Waals surface area contributed by atoms with E-state index in [4.69, 9.17) is 9.47 Å². The highest BCUT2D eigenvalue weighted by Crippen LogP contribution is 2.45. The number of fused-ring (bicyclic) bond motifs is 1. The predicted molar refractivity (Wildman–Crippen MR) is 76.8 cm³/mol. The third kappa shape index (κ3) is 3.30. The SMILES string of the molecule is COCCCOc1ccc2c(c1)C(CC1CC1)CC2. The molecule has 0 spiro atoms. The number of hydrogen-bond acceptors (Lipinski definition) is 2. The summed E-state index contributed by atoms with van der Waals surface area (Å²) in [6.45, 7) is 1.52. The molecule has 1 aromatic carbocycles. The van der Waals surface area contributed by atoms with Crippen molar-refractivity contribution in [2.75, 3.05) is 20.3 Å². The molecule has 1 aromatic rings. The van der Waals surface area contributed by atoms with Crippen molar-refractivity contribution in [3.8, 4) is 5.75 Å². The topological polar surface area (TPSA) is 18.5 Å². The molecule has 2 aliphatic carbocycles. The number of hydrogen-bond donors (Lipinski definition) is 0. The van der Waals surface area contributed by atoms with Crippen LogP contribution in [0.4, 0.5) is 0 Å². The van der Waals surface area contributed by atoms with Crippen LogP contribution < -0.4 is 4.74 Å². The highest BCUT2D eigenvalue weighted by atomic mass is 16.5. The molecule has 0 aromatic heterocycles. The van der Waals surface area contributed by atoms with Crippen LogP contribution in [-0.2, 0) is 11.2 Å². The zero-order chi connectivity index (χ0) is 13.1. The van der Waals surface area contributed by atoms with Crippen molar-refractivity contribution < 1.29 is 9.47 Å². The van der Waals surface area contributed by atoms with Gasteiger partial charge in [-0.25, -0.2) is 0 Å². The average Bonchev–Trinajstić information content (AvgIpc) is 3.16. The Labute approximate surface area is 116 Å². The molecule has 2 aliphatic rings. The molecule has 0 heterocycles. The third-order valence-corrected chi connectivity index (χ3v) is 4.40. The van der Waals surface area contributed by atoms with Crippen LogP contribution in [0.15, 0.2) is 18.2 Å². The van der Waals surface area contributed by atoms with E-state index >= 15 is 0 Å². The lowest BCUT2D eigenvalue weighted by molar-refractivity contribution is 0.172. The summed E-state index contributed by atoms with van der Waals surface area (Å²) < 4.78 is 10.9. The fourth-order valence-corrected chi connectivity index (χ4v) is 3.15. The van der Waals surface area contributed by atoms with Crippen molar-refractivity contribution in [1.82, 2.24) is 0 Å². The lowest BCUT2D eigenvalue weighted by Gasteiger charge is -2.13. The molecule has 2 nitrogen and oxygen atoms in total. The molecule has 1 fully saturated rings. The molecule has 19 heavy (non-hydrogen) atoms. The number of ether oxygens (including phenoxy) is 2. The molecule has 0 radical (unpaired) electrons. The first kappa shape index (κ1) is 13.0. The van der Waals surface area contributed by atoms with Crippen LogP contribution in [0.5, 0.6) is 5.75 Å². The second-order valence-corrected chi connectivity index (χ2v) is 5.97. The number of aryl methyl sites for hydroxylation is 1. The minimum Gasteiger partial charge on any atom is -0.493 e. The van der Waals surface area contributed by atoms with E-state index in [1.54, 1.807) is 18.2 Å². The molecule has 0 amide bonds. The average molecular weight is 260 g/mol. The van der Waals surface area contributed by atoms with Gasteiger partial charge < -0.3 is 9.47 Å². The molecule has 0 bridgehead atoms. The summed E-state index contributed by atoms with van der Waals surface area (Å²) in [4.78, 5) is 0. The Morgan fingerprint density at radius 1 is 1.16 bits per heavy atom. The fourth-order valence-electron chi connectivity index (χ4n) is 3.15. The summed E-state index contributed by atoms with van der Waals surface area (Å²) >= 11 is 0. The smallest absolute Gasteiger partial charge is 0.119 e. The Balaban J connectivity index is 1.60. The van der Waals surface area contributed by atoms with E-state index in [1.807, 2.05) is 0 Å². The van der Waals surface area contributed by atoms with E-state index in [2.05, 4.69) is 18.2 Å². The summed E-state index contributed by atoms with van der Waals surface area (Å²) in [5.74, 6) is 2.85. The second-order valence-electron chi connectivity index (χ2n) is 5.97. The Morgan fingerprint density at radius 2 is 2.05 bits per heavy atom. The van der Waals surface area contributed by atoms with Crippen molar-refractivity contribution in [2.45, 2.75) is 44.4 Å². The maximum atomic E-state index is 5.82. The lowest BCUT2D eigenvalue weighted by Crippen LogP contribution is -2.02. The number of rotatable bonds is 7. The molecule has 3 rings (SSSR count). The maximum absolute atomic E-state index is 5.82. The predicted octanol–water partition coefficient (Wildman–Crippen LogP) is 3.93. The third-order valence-electron chi connectivity index (χ3n) is 4.40. The zero-order valence-electron chi connectivity index (χ0n) is 11.9. The minimum absolute atomic E-state index is 0.750. The number of benzene rings is 1. The van der Waals surface area contributed by atoms with Gasteiger partial charge in [-0.3, -0.25) is 0 Å². The van der Waals surface area contributed by atoms with Gasteiger partial charge in [-0.2, -0.15) is 0 Å². The highest BCUT2D eigenvalue weighted by molar-refractivity contribution is 5.41. The molecule has 0 N–H and O–H groups in total. The van der Waals surface area contributed by atoms with Gasteiger partial charge in [0.2, 0.25) is 0 Å². The standard InChI is InChI=1S/C17H24O2/c1-18-9-2-10-19-16-8-7-14-5-6-15(17(14)12-16)11-13-3-4-13/h7-8,12-13,15H,2-6,9-11H2,1H3. The van der Waals surface area contributed by atoms with Gasteiger partial charge >= 0.3 is 0 Å². The lowest BCUT2D eigenvalue weighted by atomic mass is 9.95. The summed E-state index contributed by atoms with van der Waals surface area (Å²) in [5, 5.41) is 0. The van der Waals surface area contributed by atoms with Crippen LogP contribution in [0, 0.1) is 5.92 Å². The van der Waals surface area contributed by atoms with Crippen LogP contribution in [0.3, 0.4) is 0 Å². The van der Waals surface area contributed by atoms with E-state index < -0.39 is 0 Å². The van der Waals surface area contributed by atoms with Crippen LogP contribution in [0.1, 0.15) is 49.1 Å². The second kappa shape index (κ2) is 5.96. The van der Waals surface area contributed by atoms with Gasteiger partial charge in [-0.1, -0.05) is 18.9 Å². The van der Waals surface area contributed by atoms with Crippen LogP contribution in [0.25, 0.3) is 0 Å². The van der Waals surface area contributed by atoms with Gasteiger partial charge in [0, 0.05) is 20.1 Å². The number of methoxy groups -OCH3 is 1. The van der Waals surface area contributed by atoms with E-state index in [-0.39, 0.29) is 0 Å². The van der Waals surface area contributed by atoms with Gasteiger partial charge in [0.25, 0.3) is 0 Å². The quantitative estimate of drug-likeness (QED) is 0.691. The van der Waals surface area contributed by atoms with E-state index in [9.17, 15) is 0 Å². The molecule has 1 saturated carbocycles. The first-order valence-electron chi connectivity index (χ1n) is 7.61. The van der Waals surface area contributed by atoms with Crippen molar-refractivity contribution in [1.29, 1.82) is 0 Å². The first-order valence-corrected chi connectivity index (χ1v) is 7.61. The monoisotopic (exact) mass is 260 g/mol. The molecule has 1 atom stereocenters. The van der Waals surface area contributed by atoms with Gasteiger partial charge in [0.05, 0.1) is 6.61 Å². The molecular formula is C17H24O2. The van der Waals surface area contributed by atoms with Crippen molar-refractivity contribution >= 4 is 0 Å². The van der Waals surface area contributed by atoms with Crippen molar-refractivity contribution in [2.24, 2.45) is 5.92 Å². The molecule has 1 unspecified atom stereocenters. The van der Waals surface area contributed by atoms with E-state index in [0.717, 1.165) is 37.2 Å². The molecule has 0 aliphatic heterocycles. The molecular weight excluding hydrogens is 236 g/mol.